The Balaban J connectivity index is 1.63. The fourth-order valence-corrected chi connectivity index (χ4v) is 4.13. The molecule has 4 aromatic heterocycles. The molecule has 0 aliphatic rings. The zero-order chi connectivity index (χ0) is 24.4. The van der Waals surface area contributed by atoms with Crippen LogP contribution in [0, 0.1) is 18.3 Å². The summed E-state index contributed by atoms with van der Waals surface area (Å²) in [7, 11) is 0. The van der Waals surface area contributed by atoms with E-state index in [1.165, 1.54) is 12.5 Å². The first-order chi connectivity index (χ1) is 17.1. The second-order valence-corrected chi connectivity index (χ2v) is 7.72. The molecule has 0 aliphatic heterocycles. The normalized spacial score (nSPS) is 11.3. The van der Waals surface area contributed by atoms with Crippen LogP contribution in [-0.2, 0) is 16.1 Å². The van der Waals surface area contributed by atoms with Gasteiger partial charge in [-0.1, -0.05) is 18.2 Å². The molecule has 0 bridgehead atoms. The van der Waals surface area contributed by atoms with Gasteiger partial charge in [0, 0.05) is 28.4 Å². The van der Waals surface area contributed by atoms with Gasteiger partial charge in [0.05, 0.1) is 24.7 Å². The number of carbonyl (C=O) groups is 1. The fraction of sp³-hybridized carbons (Fsp3) is 0.148. The number of hydrogen-bond donors (Lipinski definition) is 0. The van der Waals surface area contributed by atoms with Crippen LogP contribution in [0.2, 0.25) is 0 Å². The van der Waals surface area contributed by atoms with E-state index in [1.807, 2.05) is 35.8 Å². The standard InChI is InChI=1S/C27H21N3O5/c1-3-32-24(31)16-30-17(2)20(18-8-4-5-9-21(18)30)15-29-27-19(14-28)25(22-10-6-12-33-22)26(35-27)23-11-7-13-34-23/h4-13,15H,3,16H2,1-2H3. The smallest absolute Gasteiger partial charge is 0.325 e. The van der Waals surface area contributed by atoms with Crippen LogP contribution >= 0.6 is 0 Å². The van der Waals surface area contributed by atoms with Crippen molar-refractivity contribution in [2.24, 2.45) is 4.99 Å². The molecule has 35 heavy (non-hydrogen) atoms. The first kappa shape index (κ1) is 22.0. The molecule has 0 fully saturated rings. The largest absolute Gasteiger partial charge is 0.465 e. The Labute approximate surface area is 200 Å². The van der Waals surface area contributed by atoms with Crippen molar-refractivity contribution in [3.05, 3.63) is 77.9 Å². The van der Waals surface area contributed by atoms with Crippen LogP contribution in [0.15, 0.2) is 79.3 Å². The summed E-state index contributed by atoms with van der Waals surface area (Å²) in [4.78, 5) is 16.8. The predicted molar refractivity (Wildman–Crippen MR) is 129 cm³/mol. The lowest BCUT2D eigenvalue weighted by Gasteiger charge is -2.07. The summed E-state index contributed by atoms with van der Waals surface area (Å²) < 4.78 is 24.2. The van der Waals surface area contributed by atoms with Crippen molar-refractivity contribution in [2.75, 3.05) is 6.61 Å². The summed E-state index contributed by atoms with van der Waals surface area (Å²) in [6, 6.07) is 16.9. The number of aromatic nitrogens is 1. The van der Waals surface area contributed by atoms with Crippen LogP contribution in [-0.4, -0.2) is 23.4 Å². The van der Waals surface area contributed by atoms with Crippen LogP contribution in [0.1, 0.15) is 23.7 Å². The minimum Gasteiger partial charge on any atom is -0.465 e. The molecule has 0 amide bonds. The monoisotopic (exact) mass is 467 g/mol. The van der Waals surface area contributed by atoms with E-state index in [0.717, 1.165) is 22.2 Å². The first-order valence-electron chi connectivity index (χ1n) is 11.0. The van der Waals surface area contributed by atoms with Gasteiger partial charge in [-0.15, -0.1) is 0 Å². The summed E-state index contributed by atoms with van der Waals surface area (Å²) >= 11 is 0. The molecule has 0 radical (unpaired) electrons. The average molecular weight is 467 g/mol. The number of aliphatic imine (C=N–C) groups is 1. The summed E-state index contributed by atoms with van der Waals surface area (Å²) in [5.41, 5.74) is 3.23. The van der Waals surface area contributed by atoms with Gasteiger partial charge in [0.25, 0.3) is 0 Å². The van der Waals surface area contributed by atoms with Gasteiger partial charge in [-0.3, -0.25) is 4.79 Å². The number of nitrogens with zero attached hydrogens (tertiary/aromatic N) is 3. The molecule has 174 valence electrons. The highest BCUT2D eigenvalue weighted by Gasteiger charge is 2.26. The molecule has 5 rings (SSSR count). The Morgan fingerprint density at radius 1 is 1.11 bits per heavy atom. The van der Waals surface area contributed by atoms with E-state index in [2.05, 4.69) is 11.1 Å². The molecule has 8 nitrogen and oxygen atoms in total. The topological polar surface area (TPSA) is 107 Å². The van der Waals surface area contributed by atoms with Crippen LogP contribution in [0.4, 0.5) is 5.88 Å². The number of rotatable bonds is 7. The van der Waals surface area contributed by atoms with Gasteiger partial charge >= 0.3 is 5.97 Å². The van der Waals surface area contributed by atoms with Gasteiger partial charge in [0.2, 0.25) is 5.88 Å². The summed E-state index contributed by atoms with van der Waals surface area (Å²) in [5.74, 6) is 1.10. The molecule has 4 heterocycles. The van der Waals surface area contributed by atoms with Gasteiger partial charge in [0.1, 0.15) is 23.9 Å². The fourth-order valence-electron chi connectivity index (χ4n) is 4.13. The lowest BCUT2D eigenvalue weighted by Crippen LogP contribution is -2.14. The molecule has 8 heteroatoms. The number of para-hydroxylation sites is 1. The maximum Gasteiger partial charge on any atom is 0.325 e. The number of hydrogen-bond acceptors (Lipinski definition) is 7. The lowest BCUT2D eigenvalue weighted by molar-refractivity contribution is -0.143. The number of carbonyl (C=O) groups excluding carboxylic acids is 1. The lowest BCUT2D eigenvalue weighted by atomic mass is 10.1. The van der Waals surface area contributed by atoms with Gasteiger partial charge in [-0.2, -0.15) is 5.26 Å². The van der Waals surface area contributed by atoms with Crippen molar-refractivity contribution >= 4 is 29.0 Å². The Morgan fingerprint density at radius 2 is 1.86 bits per heavy atom. The maximum atomic E-state index is 12.2. The van der Waals surface area contributed by atoms with E-state index in [1.54, 1.807) is 37.4 Å². The number of esters is 1. The minimum atomic E-state index is -0.316. The Morgan fingerprint density at radius 3 is 2.54 bits per heavy atom. The van der Waals surface area contributed by atoms with Crippen molar-refractivity contribution in [3.63, 3.8) is 0 Å². The molecule has 0 spiro atoms. The number of fused-ring (bicyclic) bond motifs is 1. The minimum absolute atomic E-state index is 0.0868. The molecule has 5 aromatic rings. The highest BCUT2D eigenvalue weighted by Crippen LogP contribution is 2.43. The average Bonchev–Trinajstić information content (AvgIpc) is 3.65. The van der Waals surface area contributed by atoms with Crippen molar-refractivity contribution in [2.45, 2.75) is 20.4 Å². The molecule has 1 aromatic carbocycles. The number of nitriles is 1. The second-order valence-electron chi connectivity index (χ2n) is 7.72. The van der Waals surface area contributed by atoms with E-state index in [4.69, 9.17) is 18.0 Å². The molecule has 0 unspecified atom stereocenters. The van der Waals surface area contributed by atoms with Gasteiger partial charge < -0.3 is 22.6 Å². The molecular formula is C27H21N3O5. The summed E-state index contributed by atoms with van der Waals surface area (Å²) in [6.07, 6.45) is 4.71. The third-order valence-electron chi connectivity index (χ3n) is 5.70. The van der Waals surface area contributed by atoms with Crippen LogP contribution in [0.25, 0.3) is 33.7 Å². The zero-order valence-corrected chi connectivity index (χ0v) is 19.1. The molecule has 0 N–H and O–H groups in total. The quantitative estimate of drug-likeness (QED) is 0.207. The third-order valence-corrected chi connectivity index (χ3v) is 5.70. The van der Waals surface area contributed by atoms with E-state index in [-0.39, 0.29) is 24.0 Å². The number of furan rings is 3. The van der Waals surface area contributed by atoms with Crippen molar-refractivity contribution in [1.29, 1.82) is 5.26 Å². The first-order valence-corrected chi connectivity index (χ1v) is 11.0. The second kappa shape index (κ2) is 9.23. The summed E-state index contributed by atoms with van der Waals surface area (Å²) in [5, 5.41) is 10.9. The Kier molecular flexibility index (Phi) is 5.81. The van der Waals surface area contributed by atoms with Gasteiger partial charge in [0.15, 0.2) is 11.5 Å². The molecule has 0 aliphatic carbocycles. The van der Waals surface area contributed by atoms with Gasteiger partial charge in [-0.25, -0.2) is 4.99 Å². The molecular weight excluding hydrogens is 446 g/mol. The van der Waals surface area contributed by atoms with Crippen LogP contribution < -0.4 is 0 Å². The number of benzene rings is 1. The SMILES string of the molecule is CCOC(=O)Cn1c(C)c(C=Nc2oc(-c3ccco3)c(-c3ccco3)c2C#N)c2ccccc21. The van der Waals surface area contributed by atoms with Crippen molar-refractivity contribution in [1.82, 2.24) is 4.57 Å². The maximum absolute atomic E-state index is 12.2. The van der Waals surface area contributed by atoms with E-state index < -0.39 is 0 Å². The van der Waals surface area contributed by atoms with Crippen molar-refractivity contribution in [3.8, 4) is 28.9 Å². The highest BCUT2D eigenvalue weighted by atomic mass is 16.5. The summed E-state index contributed by atoms with van der Waals surface area (Å²) in [6.45, 7) is 4.09. The van der Waals surface area contributed by atoms with Gasteiger partial charge in [-0.05, 0) is 44.2 Å². The number of ether oxygens (including phenoxy) is 1. The van der Waals surface area contributed by atoms with E-state index in [0.29, 0.717) is 29.5 Å². The predicted octanol–water partition coefficient (Wildman–Crippen LogP) is 6.25. The van der Waals surface area contributed by atoms with Crippen LogP contribution in [0.3, 0.4) is 0 Å². The van der Waals surface area contributed by atoms with Crippen LogP contribution in [0.5, 0.6) is 0 Å². The van der Waals surface area contributed by atoms with Crippen molar-refractivity contribution < 1.29 is 22.8 Å². The zero-order valence-electron chi connectivity index (χ0n) is 19.1. The van der Waals surface area contributed by atoms with E-state index >= 15 is 0 Å². The molecule has 0 saturated carbocycles. The Hall–Kier alpha value is -4.77. The Bertz CT molecular complexity index is 1560. The molecule has 0 atom stereocenters. The third kappa shape index (κ3) is 3.93. The molecule has 0 saturated heterocycles. The van der Waals surface area contributed by atoms with E-state index in [9.17, 15) is 10.1 Å². The highest BCUT2D eigenvalue weighted by molar-refractivity contribution is 6.02.